The maximum atomic E-state index is 13.3. The van der Waals surface area contributed by atoms with Gasteiger partial charge in [-0.1, -0.05) is 66.4 Å². The minimum Gasteiger partial charge on any atom is -0.465 e. The first-order valence-corrected chi connectivity index (χ1v) is 11.5. The van der Waals surface area contributed by atoms with Gasteiger partial charge < -0.3 is 10.1 Å². The number of benzene rings is 2. The number of thioether (sulfide) groups is 1. The molecule has 2 aromatic carbocycles. The molecule has 172 valence electrons. The van der Waals surface area contributed by atoms with Crippen LogP contribution in [0.15, 0.2) is 66.4 Å². The number of hydrogen-bond donors (Lipinski definition) is 1. The summed E-state index contributed by atoms with van der Waals surface area (Å²) in [5.41, 5.74) is 2.42. The smallest absolute Gasteiger partial charge is 0.326 e. The maximum absolute atomic E-state index is 13.3. The zero-order chi connectivity index (χ0) is 23.8. The van der Waals surface area contributed by atoms with Crippen LogP contribution in [0.25, 0.3) is 0 Å². The number of rotatable bonds is 8. The monoisotopic (exact) mass is 466 g/mol. The molecule has 0 aromatic heterocycles. The van der Waals surface area contributed by atoms with Crippen molar-refractivity contribution in [2.45, 2.75) is 31.9 Å². The molecule has 0 saturated heterocycles. The van der Waals surface area contributed by atoms with Gasteiger partial charge >= 0.3 is 5.97 Å². The number of esters is 1. The quantitative estimate of drug-likeness (QED) is 0.601. The van der Waals surface area contributed by atoms with E-state index < -0.39 is 23.0 Å². The van der Waals surface area contributed by atoms with Gasteiger partial charge in [0.15, 0.2) is 5.12 Å². The van der Waals surface area contributed by atoms with Gasteiger partial charge in [0.25, 0.3) is 5.91 Å². The van der Waals surface area contributed by atoms with Crippen LogP contribution in [0.1, 0.15) is 25.0 Å². The molecule has 8 heteroatoms. The summed E-state index contributed by atoms with van der Waals surface area (Å²) < 4.78 is 5.03. The van der Waals surface area contributed by atoms with Crippen LogP contribution in [0.2, 0.25) is 0 Å². The van der Waals surface area contributed by atoms with Crippen LogP contribution in [-0.4, -0.2) is 41.3 Å². The highest BCUT2D eigenvalue weighted by Crippen LogP contribution is 2.26. The molecule has 1 atom stereocenters. The number of ether oxygens (including phenoxy) is 1. The molecular formula is C25H26N2O5S. The number of carbonyl (C=O) groups excluding carboxylic acids is 4. The van der Waals surface area contributed by atoms with Crippen LogP contribution in [0.4, 0.5) is 5.69 Å². The highest BCUT2D eigenvalue weighted by Gasteiger charge is 2.30. The zero-order valence-electron chi connectivity index (χ0n) is 18.6. The van der Waals surface area contributed by atoms with Crippen LogP contribution < -0.4 is 10.2 Å². The third-order valence-corrected chi connectivity index (χ3v) is 6.00. The van der Waals surface area contributed by atoms with Crippen molar-refractivity contribution < 1.29 is 23.9 Å². The number of carbonyl (C=O) groups is 4. The van der Waals surface area contributed by atoms with Crippen molar-refractivity contribution in [1.82, 2.24) is 5.32 Å². The van der Waals surface area contributed by atoms with Crippen molar-refractivity contribution in [2.24, 2.45) is 0 Å². The predicted octanol–water partition coefficient (Wildman–Crippen LogP) is 3.03. The first kappa shape index (κ1) is 24.3. The third-order valence-electron chi connectivity index (χ3n) is 5.00. The molecule has 0 spiro atoms. The summed E-state index contributed by atoms with van der Waals surface area (Å²) in [4.78, 5) is 51.8. The SMILES string of the molecule is CCOC(=O)CN1C(=O)C(NC(=O)[C@H](Cc2ccccc2)SC(C)=O)=CCc2ccccc21. The van der Waals surface area contributed by atoms with Crippen molar-refractivity contribution in [1.29, 1.82) is 0 Å². The van der Waals surface area contributed by atoms with E-state index >= 15 is 0 Å². The Hall–Kier alpha value is -3.39. The zero-order valence-corrected chi connectivity index (χ0v) is 19.4. The molecule has 0 unspecified atom stereocenters. The highest BCUT2D eigenvalue weighted by atomic mass is 32.2. The molecule has 1 aliphatic heterocycles. The van der Waals surface area contributed by atoms with Crippen molar-refractivity contribution in [2.75, 3.05) is 18.1 Å². The number of allylic oxidation sites excluding steroid dienone is 1. The molecule has 1 aliphatic rings. The predicted molar refractivity (Wildman–Crippen MR) is 128 cm³/mol. The second-order valence-corrected chi connectivity index (χ2v) is 8.80. The molecule has 2 aromatic rings. The lowest BCUT2D eigenvalue weighted by molar-refractivity contribution is -0.142. The third kappa shape index (κ3) is 6.55. The van der Waals surface area contributed by atoms with E-state index in [0.717, 1.165) is 22.9 Å². The first-order valence-electron chi connectivity index (χ1n) is 10.7. The standard InChI is InChI=1S/C25H26N2O5S/c1-3-32-23(29)16-27-21-12-8-7-11-19(21)13-14-20(25(27)31)26-24(30)22(33-17(2)28)15-18-9-5-4-6-10-18/h4-12,14,22H,3,13,15-16H2,1-2H3,(H,26,30)/t22-/m0/s1. The van der Waals surface area contributed by atoms with Gasteiger partial charge in [-0.25, -0.2) is 0 Å². The summed E-state index contributed by atoms with van der Waals surface area (Å²) in [5.74, 6) is -1.49. The van der Waals surface area contributed by atoms with E-state index in [4.69, 9.17) is 4.74 Å². The van der Waals surface area contributed by atoms with E-state index in [9.17, 15) is 19.2 Å². The van der Waals surface area contributed by atoms with E-state index in [1.807, 2.05) is 42.5 Å². The lowest BCUT2D eigenvalue weighted by Crippen LogP contribution is -2.43. The summed E-state index contributed by atoms with van der Waals surface area (Å²) >= 11 is 0.926. The Labute approximate surface area is 197 Å². The van der Waals surface area contributed by atoms with E-state index in [1.165, 1.54) is 11.8 Å². The van der Waals surface area contributed by atoms with Crippen LogP contribution in [0, 0.1) is 0 Å². The van der Waals surface area contributed by atoms with Gasteiger partial charge in [0.2, 0.25) is 5.91 Å². The van der Waals surface area contributed by atoms with Gasteiger partial charge in [0.1, 0.15) is 12.2 Å². The Kier molecular flexibility index (Phi) is 8.43. The highest BCUT2D eigenvalue weighted by molar-refractivity contribution is 8.14. The topological polar surface area (TPSA) is 92.8 Å². The van der Waals surface area contributed by atoms with Gasteiger partial charge in [-0.05, 0) is 37.0 Å². The molecule has 1 heterocycles. The number of nitrogens with one attached hydrogen (secondary N) is 1. The maximum Gasteiger partial charge on any atom is 0.326 e. The Morgan fingerprint density at radius 2 is 1.79 bits per heavy atom. The number of anilines is 1. The molecule has 7 nitrogen and oxygen atoms in total. The lowest BCUT2D eigenvalue weighted by Gasteiger charge is -2.24. The second-order valence-electron chi connectivity index (χ2n) is 7.42. The first-order chi connectivity index (χ1) is 15.9. The fourth-order valence-corrected chi connectivity index (χ4v) is 4.37. The Bertz CT molecular complexity index is 1070. The summed E-state index contributed by atoms with van der Waals surface area (Å²) in [6, 6.07) is 16.6. The molecule has 0 aliphatic carbocycles. The summed E-state index contributed by atoms with van der Waals surface area (Å²) in [6.07, 6.45) is 2.38. The Morgan fingerprint density at radius 1 is 1.09 bits per heavy atom. The lowest BCUT2D eigenvalue weighted by atomic mass is 10.1. The average Bonchev–Trinajstić information content (AvgIpc) is 2.91. The summed E-state index contributed by atoms with van der Waals surface area (Å²) in [5, 5.41) is 1.81. The van der Waals surface area contributed by atoms with Crippen LogP contribution in [0.5, 0.6) is 0 Å². The van der Waals surface area contributed by atoms with Gasteiger partial charge in [-0.15, -0.1) is 0 Å². The van der Waals surface area contributed by atoms with Gasteiger partial charge in [-0.3, -0.25) is 24.1 Å². The molecule has 1 N–H and O–H groups in total. The number of fused-ring (bicyclic) bond motifs is 1. The second kappa shape index (κ2) is 11.5. The van der Waals surface area contributed by atoms with Crippen molar-refractivity contribution >= 4 is 40.3 Å². The normalized spacial score (nSPS) is 13.9. The summed E-state index contributed by atoms with van der Waals surface area (Å²) in [7, 11) is 0. The van der Waals surface area contributed by atoms with Crippen LogP contribution >= 0.6 is 11.8 Å². The van der Waals surface area contributed by atoms with Crippen molar-refractivity contribution in [3.63, 3.8) is 0 Å². The molecule has 2 amide bonds. The van der Waals surface area contributed by atoms with Gasteiger partial charge in [0.05, 0.1) is 11.9 Å². The minimum atomic E-state index is -0.706. The Morgan fingerprint density at radius 3 is 2.48 bits per heavy atom. The molecule has 33 heavy (non-hydrogen) atoms. The molecule has 0 saturated carbocycles. The number of amides is 2. The van der Waals surface area contributed by atoms with Crippen LogP contribution in [0.3, 0.4) is 0 Å². The molecule has 0 fully saturated rings. The fraction of sp³-hybridized carbons (Fsp3) is 0.280. The number of nitrogens with zero attached hydrogens (tertiary/aromatic N) is 1. The summed E-state index contributed by atoms with van der Waals surface area (Å²) in [6.45, 7) is 3.03. The van der Waals surface area contributed by atoms with Crippen molar-refractivity contribution in [3.8, 4) is 0 Å². The number of para-hydroxylation sites is 1. The van der Waals surface area contributed by atoms with Crippen molar-refractivity contribution in [3.05, 3.63) is 77.5 Å². The average molecular weight is 467 g/mol. The number of hydrogen-bond acceptors (Lipinski definition) is 6. The largest absolute Gasteiger partial charge is 0.465 e. The van der Waals surface area contributed by atoms with Gasteiger partial charge in [0, 0.05) is 12.6 Å². The van der Waals surface area contributed by atoms with Gasteiger partial charge in [-0.2, -0.15) is 0 Å². The molecule has 3 rings (SSSR count). The van der Waals surface area contributed by atoms with E-state index in [0.29, 0.717) is 18.5 Å². The fourth-order valence-electron chi connectivity index (χ4n) is 3.53. The van der Waals surface area contributed by atoms with Crippen LogP contribution in [-0.2, 0) is 36.8 Å². The molecule has 0 radical (unpaired) electrons. The Balaban J connectivity index is 1.84. The van der Waals surface area contributed by atoms with E-state index in [1.54, 1.807) is 25.1 Å². The minimum absolute atomic E-state index is 0.0720. The molecular weight excluding hydrogens is 440 g/mol. The van der Waals surface area contributed by atoms with E-state index in [2.05, 4.69) is 5.32 Å². The van der Waals surface area contributed by atoms with E-state index in [-0.39, 0.29) is 24.0 Å². The molecule has 0 bridgehead atoms.